The highest BCUT2D eigenvalue weighted by molar-refractivity contribution is 6.06. The standard InChI is InChI=1S/C25H28N4O2/c1-16-13-20(19-8-3-4-10-22(19)28-16)25(30)29-12-6-7-18(14-29)15-31-23-11-5-9-21(27)24(23)17(2)26/h3-5,8-11,13,18,26H,6-7,12,14-15,27H2,1-2H3. The van der Waals surface area contributed by atoms with Gasteiger partial charge in [-0.2, -0.15) is 0 Å². The van der Waals surface area contributed by atoms with Crippen LogP contribution in [-0.4, -0.2) is 41.2 Å². The van der Waals surface area contributed by atoms with Crippen molar-refractivity contribution >= 4 is 28.2 Å². The zero-order chi connectivity index (χ0) is 22.0. The molecule has 1 aliphatic heterocycles. The van der Waals surface area contributed by atoms with E-state index >= 15 is 0 Å². The van der Waals surface area contributed by atoms with Crippen LogP contribution < -0.4 is 10.5 Å². The summed E-state index contributed by atoms with van der Waals surface area (Å²) in [6.45, 7) is 5.51. The minimum absolute atomic E-state index is 0.0476. The first-order chi connectivity index (χ1) is 14.9. The largest absolute Gasteiger partial charge is 0.492 e. The summed E-state index contributed by atoms with van der Waals surface area (Å²) in [7, 11) is 0. The lowest BCUT2D eigenvalue weighted by Crippen LogP contribution is -2.41. The highest BCUT2D eigenvalue weighted by Crippen LogP contribution is 2.27. The Kier molecular flexibility index (Phi) is 5.89. The first-order valence-electron chi connectivity index (χ1n) is 10.7. The molecule has 160 valence electrons. The molecule has 4 rings (SSSR count). The number of para-hydroxylation sites is 1. The summed E-state index contributed by atoms with van der Waals surface area (Å²) >= 11 is 0. The number of amides is 1. The SMILES string of the molecule is CC(=N)c1c(N)cccc1OCC1CCCN(C(=O)c2cc(C)nc3ccccc23)C1. The quantitative estimate of drug-likeness (QED) is 0.475. The van der Waals surface area contributed by atoms with Gasteiger partial charge in [-0.05, 0) is 51.0 Å². The second-order valence-electron chi connectivity index (χ2n) is 8.24. The maximum Gasteiger partial charge on any atom is 0.254 e. The smallest absolute Gasteiger partial charge is 0.254 e. The number of carbonyl (C=O) groups is 1. The number of pyridine rings is 1. The number of piperidine rings is 1. The van der Waals surface area contributed by atoms with Crippen LogP contribution in [0.4, 0.5) is 5.69 Å². The number of nitrogens with one attached hydrogen (secondary N) is 1. The van der Waals surface area contributed by atoms with Crippen molar-refractivity contribution in [3.05, 3.63) is 65.4 Å². The van der Waals surface area contributed by atoms with E-state index in [4.69, 9.17) is 15.9 Å². The van der Waals surface area contributed by atoms with Crippen molar-refractivity contribution in [3.63, 3.8) is 0 Å². The van der Waals surface area contributed by atoms with E-state index in [1.807, 2.05) is 54.3 Å². The molecule has 0 saturated carbocycles. The number of ether oxygens (including phenoxy) is 1. The molecule has 3 aromatic rings. The average Bonchev–Trinajstić information content (AvgIpc) is 2.76. The van der Waals surface area contributed by atoms with Crippen LogP contribution in [0.1, 0.15) is 41.4 Å². The van der Waals surface area contributed by atoms with Gasteiger partial charge in [0.2, 0.25) is 0 Å². The molecule has 6 nitrogen and oxygen atoms in total. The zero-order valence-corrected chi connectivity index (χ0v) is 18.0. The van der Waals surface area contributed by atoms with Gasteiger partial charge in [-0.15, -0.1) is 0 Å². The van der Waals surface area contributed by atoms with Gasteiger partial charge in [-0.1, -0.05) is 24.3 Å². The van der Waals surface area contributed by atoms with E-state index in [0.29, 0.717) is 41.4 Å². The highest BCUT2D eigenvalue weighted by Gasteiger charge is 2.26. The van der Waals surface area contributed by atoms with Gasteiger partial charge in [0.1, 0.15) is 5.75 Å². The zero-order valence-electron chi connectivity index (χ0n) is 18.0. The number of fused-ring (bicyclic) bond motifs is 1. The monoisotopic (exact) mass is 416 g/mol. The Labute approximate surface area is 182 Å². The summed E-state index contributed by atoms with van der Waals surface area (Å²) in [5.41, 5.74) is 10.0. The van der Waals surface area contributed by atoms with Gasteiger partial charge in [0.15, 0.2) is 0 Å². The number of benzene rings is 2. The second kappa shape index (κ2) is 8.76. The molecule has 3 N–H and O–H groups in total. The summed E-state index contributed by atoms with van der Waals surface area (Å²) < 4.78 is 6.07. The normalized spacial score (nSPS) is 16.3. The maximum absolute atomic E-state index is 13.4. The topological polar surface area (TPSA) is 92.3 Å². The molecule has 6 heteroatoms. The van der Waals surface area contributed by atoms with Crippen molar-refractivity contribution in [1.82, 2.24) is 9.88 Å². The number of nitrogens with two attached hydrogens (primary N) is 1. The Balaban J connectivity index is 1.49. The molecule has 2 aromatic carbocycles. The fourth-order valence-electron chi connectivity index (χ4n) is 4.32. The number of anilines is 1. The fourth-order valence-corrected chi connectivity index (χ4v) is 4.32. The maximum atomic E-state index is 13.4. The van der Waals surface area contributed by atoms with Crippen LogP contribution in [0.5, 0.6) is 5.75 Å². The molecule has 0 radical (unpaired) electrons. The lowest BCUT2D eigenvalue weighted by molar-refractivity contribution is 0.0635. The molecule has 1 atom stereocenters. The Bertz CT molecular complexity index is 1140. The van der Waals surface area contributed by atoms with Gasteiger partial charge in [0, 0.05) is 41.5 Å². The van der Waals surface area contributed by atoms with Crippen molar-refractivity contribution < 1.29 is 9.53 Å². The fraction of sp³-hybridized carbons (Fsp3) is 0.320. The Morgan fingerprint density at radius 3 is 2.87 bits per heavy atom. The molecule has 1 aliphatic rings. The van der Waals surface area contributed by atoms with Crippen LogP contribution in [0, 0.1) is 18.3 Å². The second-order valence-corrected chi connectivity index (χ2v) is 8.24. The third-order valence-corrected chi connectivity index (χ3v) is 5.79. The number of aromatic nitrogens is 1. The summed E-state index contributed by atoms with van der Waals surface area (Å²) in [5, 5.41) is 8.88. The third-order valence-electron chi connectivity index (χ3n) is 5.79. The minimum atomic E-state index is 0.0476. The highest BCUT2D eigenvalue weighted by atomic mass is 16.5. The van der Waals surface area contributed by atoms with E-state index in [1.165, 1.54) is 0 Å². The molecule has 1 fully saturated rings. The van der Waals surface area contributed by atoms with Gasteiger partial charge < -0.3 is 20.8 Å². The lowest BCUT2D eigenvalue weighted by atomic mass is 9.97. The van der Waals surface area contributed by atoms with E-state index in [2.05, 4.69) is 4.98 Å². The molecule has 1 saturated heterocycles. The third kappa shape index (κ3) is 4.38. The van der Waals surface area contributed by atoms with Crippen LogP contribution in [0.2, 0.25) is 0 Å². The van der Waals surface area contributed by atoms with E-state index in [-0.39, 0.29) is 11.8 Å². The van der Waals surface area contributed by atoms with Crippen molar-refractivity contribution in [2.24, 2.45) is 5.92 Å². The van der Waals surface area contributed by atoms with Crippen LogP contribution >= 0.6 is 0 Å². The number of nitrogens with zero attached hydrogens (tertiary/aromatic N) is 2. The molecule has 0 aliphatic carbocycles. The molecule has 1 amide bonds. The van der Waals surface area contributed by atoms with Crippen LogP contribution in [0.3, 0.4) is 0 Å². The van der Waals surface area contributed by atoms with Gasteiger partial charge in [-0.25, -0.2) is 0 Å². The number of nitrogen functional groups attached to an aromatic ring is 1. The minimum Gasteiger partial charge on any atom is -0.492 e. The van der Waals surface area contributed by atoms with Crippen LogP contribution in [-0.2, 0) is 0 Å². The van der Waals surface area contributed by atoms with Gasteiger partial charge >= 0.3 is 0 Å². The number of hydrogen-bond acceptors (Lipinski definition) is 5. The van der Waals surface area contributed by atoms with Crippen LogP contribution in [0.15, 0.2) is 48.5 Å². The van der Waals surface area contributed by atoms with Crippen molar-refractivity contribution in [3.8, 4) is 5.75 Å². The van der Waals surface area contributed by atoms with Gasteiger partial charge in [0.25, 0.3) is 5.91 Å². The molecule has 0 spiro atoms. The van der Waals surface area contributed by atoms with Gasteiger partial charge in [0.05, 0.1) is 23.3 Å². The van der Waals surface area contributed by atoms with Crippen LogP contribution in [0.25, 0.3) is 10.9 Å². The lowest BCUT2D eigenvalue weighted by Gasteiger charge is -2.33. The predicted molar refractivity (Wildman–Crippen MR) is 124 cm³/mol. The molecule has 1 unspecified atom stereocenters. The van der Waals surface area contributed by atoms with E-state index in [9.17, 15) is 4.79 Å². The van der Waals surface area contributed by atoms with Crippen molar-refractivity contribution in [2.45, 2.75) is 26.7 Å². The van der Waals surface area contributed by atoms with Crippen molar-refractivity contribution in [1.29, 1.82) is 5.41 Å². The predicted octanol–water partition coefficient (Wildman–Crippen LogP) is 4.44. The summed E-state index contributed by atoms with van der Waals surface area (Å²) in [6.07, 6.45) is 1.94. The molecule has 1 aromatic heterocycles. The molecule has 31 heavy (non-hydrogen) atoms. The number of hydrogen-bond donors (Lipinski definition) is 2. The Morgan fingerprint density at radius 2 is 2.06 bits per heavy atom. The summed E-state index contributed by atoms with van der Waals surface area (Å²) in [5.74, 6) is 0.908. The molecule has 0 bridgehead atoms. The molecular formula is C25H28N4O2. The van der Waals surface area contributed by atoms with E-state index < -0.39 is 0 Å². The summed E-state index contributed by atoms with van der Waals surface area (Å²) in [4.78, 5) is 19.9. The summed E-state index contributed by atoms with van der Waals surface area (Å²) in [6, 6.07) is 15.1. The molecular weight excluding hydrogens is 388 g/mol. The average molecular weight is 417 g/mol. The van der Waals surface area contributed by atoms with Gasteiger partial charge in [-0.3, -0.25) is 9.78 Å². The first kappa shape index (κ1) is 20.8. The Morgan fingerprint density at radius 1 is 1.26 bits per heavy atom. The van der Waals surface area contributed by atoms with E-state index in [0.717, 1.165) is 36.0 Å². The molecule has 2 heterocycles. The number of aryl methyl sites for hydroxylation is 1. The number of carbonyl (C=O) groups excluding carboxylic acids is 1. The first-order valence-corrected chi connectivity index (χ1v) is 10.7. The number of likely N-dealkylation sites (tertiary alicyclic amines) is 1. The number of rotatable bonds is 5. The Hall–Kier alpha value is -3.41. The van der Waals surface area contributed by atoms with E-state index in [1.54, 1.807) is 13.0 Å². The van der Waals surface area contributed by atoms with Crippen molar-refractivity contribution in [2.75, 3.05) is 25.4 Å².